The molecule has 0 aliphatic carbocycles. The summed E-state index contributed by atoms with van der Waals surface area (Å²) in [7, 11) is 0. The van der Waals surface area contributed by atoms with E-state index in [1.165, 1.54) is 116 Å². The highest BCUT2D eigenvalue weighted by atomic mass is 16.3. The van der Waals surface area contributed by atoms with Crippen molar-refractivity contribution < 1.29 is 20.1 Å². The minimum absolute atomic E-state index is 0.360. The summed E-state index contributed by atoms with van der Waals surface area (Å²) in [5.74, 6) is -0.506. The van der Waals surface area contributed by atoms with Gasteiger partial charge >= 0.3 is 0 Å². The van der Waals surface area contributed by atoms with Gasteiger partial charge in [0.25, 0.3) is 0 Å². The molecule has 5 nitrogen and oxygen atoms in total. The van der Waals surface area contributed by atoms with Gasteiger partial charge < -0.3 is 20.6 Å². The van der Waals surface area contributed by atoms with Crippen LogP contribution in [0.3, 0.4) is 0 Å². The van der Waals surface area contributed by atoms with E-state index in [9.17, 15) is 20.1 Å². The molecular weight excluding hydrogens is 474 g/mol. The van der Waals surface area contributed by atoms with E-state index in [2.05, 4.69) is 19.2 Å². The first kappa shape index (κ1) is 37.1. The Hall–Kier alpha value is -0.910. The maximum absolute atomic E-state index is 12.3. The molecule has 1 amide bonds. The number of carbonyl (C=O) groups is 1. The van der Waals surface area contributed by atoms with E-state index in [1.807, 2.05) is 6.08 Å². The molecular formula is C33H65NO4. The van der Waals surface area contributed by atoms with Crippen LogP contribution in [-0.2, 0) is 4.79 Å². The van der Waals surface area contributed by atoms with Crippen molar-refractivity contribution in [3.8, 4) is 0 Å². The van der Waals surface area contributed by atoms with Gasteiger partial charge in [0.15, 0.2) is 0 Å². The summed E-state index contributed by atoms with van der Waals surface area (Å²) in [4.78, 5) is 12.3. The molecule has 0 aliphatic heterocycles. The maximum atomic E-state index is 12.3. The third kappa shape index (κ3) is 24.2. The lowest BCUT2D eigenvalue weighted by Gasteiger charge is -2.21. The number of hydrogen-bond donors (Lipinski definition) is 4. The van der Waals surface area contributed by atoms with Gasteiger partial charge in [-0.05, 0) is 19.3 Å². The fraction of sp³-hybridized carbons (Fsp3) is 0.909. The third-order valence-electron chi connectivity index (χ3n) is 7.63. The van der Waals surface area contributed by atoms with Crippen molar-refractivity contribution >= 4 is 5.91 Å². The molecule has 5 heteroatoms. The SMILES string of the molecule is CCCCCCCCCCCCCC/C=C/C(O)C(CO)NC(=O)C(O)CCCCCCCCCCCC. The first-order valence-corrected chi connectivity index (χ1v) is 16.5. The molecule has 0 rings (SSSR count). The largest absolute Gasteiger partial charge is 0.394 e. The van der Waals surface area contributed by atoms with E-state index in [4.69, 9.17) is 0 Å². The molecule has 0 radical (unpaired) electrons. The Morgan fingerprint density at radius 1 is 0.632 bits per heavy atom. The van der Waals surface area contributed by atoms with Crippen molar-refractivity contribution in [1.82, 2.24) is 5.32 Å². The molecule has 3 unspecified atom stereocenters. The van der Waals surface area contributed by atoms with Gasteiger partial charge in [-0.3, -0.25) is 4.79 Å². The summed E-state index contributed by atoms with van der Waals surface area (Å²) in [6.07, 6.45) is 30.8. The van der Waals surface area contributed by atoms with Crippen molar-refractivity contribution in [2.45, 2.75) is 186 Å². The molecule has 4 N–H and O–H groups in total. The summed E-state index contributed by atoms with van der Waals surface area (Å²) >= 11 is 0. The molecule has 38 heavy (non-hydrogen) atoms. The standard InChI is InChI=1S/C33H65NO4/c1-3-5-7-9-11-13-15-16-17-18-20-21-23-25-27-31(36)30(29-35)34-33(38)32(37)28-26-24-22-19-14-12-10-8-6-4-2/h25,27,30-32,35-37H,3-24,26,28-29H2,1-2H3,(H,34,38)/b27-25+. The quantitative estimate of drug-likeness (QED) is 0.0570. The van der Waals surface area contributed by atoms with E-state index in [-0.39, 0.29) is 6.61 Å². The molecule has 0 heterocycles. The summed E-state index contributed by atoms with van der Waals surface area (Å²) < 4.78 is 0. The van der Waals surface area contributed by atoms with Gasteiger partial charge in [-0.1, -0.05) is 161 Å². The first-order chi connectivity index (χ1) is 18.6. The highest BCUT2D eigenvalue weighted by molar-refractivity contribution is 5.80. The van der Waals surface area contributed by atoms with Crippen LogP contribution in [0.15, 0.2) is 12.2 Å². The van der Waals surface area contributed by atoms with Gasteiger partial charge in [0.1, 0.15) is 6.10 Å². The number of nitrogens with one attached hydrogen (secondary N) is 1. The van der Waals surface area contributed by atoms with Crippen LogP contribution in [0.2, 0.25) is 0 Å². The molecule has 0 saturated carbocycles. The lowest BCUT2D eigenvalue weighted by Crippen LogP contribution is -2.48. The fourth-order valence-electron chi connectivity index (χ4n) is 4.95. The monoisotopic (exact) mass is 539 g/mol. The van der Waals surface area contributed by atoms with E-state index >= 15 is 0 Å². The number of amides is 1. The zero-order valence-electron chi connectivity index (χ0n) is 25.3. The Balaban J connectivity index is 3.79. The minimum atomic E-state index is -1.09. The summed E-state index contributed by atoms with van der Waals surface area (Å²) in [6.45, 7) is 4.14. The molecule has 0 saturated heterocycles. The van der Waals surface area contributed by atoms with Gasteiger partial charge in [0.2, 0.25) is 5.91 Å². The van der Waals surface area contributed by atoms with Crippen molar-refractivity contribution in [1.29, 1.82) is 0 Å². The number of aliphatic hydroxyl groups excluding tert-OH is 3. The average Bonchev–Trinajstić information content (AvgIpc) is 2.92. The second-order valence-corrected chi connectivity index (χ2v) is 11.4. The van der Waals surface area contributed by atoms with Crippen molar-refractivity contribution in [2.24, 2.45) is 0 Å². The van der Waals surface area contributed by atoms with Crippen LogP contribution in [0.4, 0.5) is 0 Å². The summed E-state index contributed by atoms with van der Waals surface area (Å²) in [5, 5.41) is 32.8. The van der Waals surface area contributed by atoms with Gasteiger partial charge in [-0.15, -0.1) is 0 Å². The van der Waals surface area contributed by atoms with Gasteiger partial charge in [0, 0.05) is 0 Å². The van der Waals surface area contributed by atoms with Crippen molar-refractivity contribution in [2.75, 3.05) is 6.61 Å². The topological polar surface area (TPSA) is 89.8 Å². The molecule has 0 aromatic heterocycles. The molecule has 0 bridgehead atoms. The second-order valence-electron chi connectivity index (χ2n) is 11.4. The van der Waals surface area contributed by atoms with Crippen LogP contribution in [0.1, 0.15) is 168 Å². The second kappa shape index (κ2) is 29.1. The van der Waals surface area contributed by atoms with Crippen LogP contribution in [-0.4, -0.2) is 46.1 Å². The smallest absolute Gasteiger partial charge is 0.249 e. The average molecular weight is 540 g/mol. The predicted molar refractivity (Wildman–Crippen MR) is 162 cm³/mol. The Morgan fingerprint density at radius 3 is 1.45 bits per heavy atom. The van der Waals surface area contributed by atoms with Crippen LogP contribution in [0.5, 0.6) is 0 Å². The van der Waals surface area contributed by atoms with E-state index in [1.54, 1.807) is 6.08 Å². The van der Waals surface area contributed by atoms with E-state index < -0.39 is 24.2 Å². The third-order valence-corrected chi connectivity index (χ3v) is 7.63. The lowest BCUT2D eigenvalue weighted by molar-refractivity contribution is -0.131. The van der Waals surface area contributed by atoms with Crippen LogP contribution < -0.4 is 5.32 Å². The molecule has 0 spiro atoms. The molecule has 0 aliphatic rings. The lowest BCUT2D eigenvalue weighted by atomic mass is 10.0. The number of hydrogen-bond acceptors (Lipinski definition) is 4. The Morgan fingerprint density at radius 2 is 1.03 bits per heavy atom. The van der Waals surface area contributed by atoms with Crippen molar-refractivity contribution in [3.63, 3.8) is 0 Å². The number of allylic oxidation sites excluding steroid dienone is 1. The van der Waals surface area contributed by atoms with Crippen LogP contribution in [0, 0.1) is 0 Å². The maximum Gasteiger partial charge on any atom is 0.249 e. The van der Waals surface area contributed by atoms with Gasteiger partial charge in [0.05, 0.1) is 18.8 Å². The van der Waals surface area contributed by atoms with Crippen LogP contribution >= 0.6 is 0 Å². The Kier molecular flexibility index (Phi) is 28.4. The molecule has 226 valence electrons. The zero-order valence-corrected chi connectivity index (χ0v) is 25.3. The minimum Gasteiger partial charge on any atom is -0.394 e. The highest BCUT2D eigenvalue weighted by Crippen LogP contribution is 2.14. The Bertz CT molecular complexity index is 525. The first-order valence-electron chi connectivity index (χ1n) is 16.5. The molecule has 0 fully saturated rings. The highest BCUT2D eigenvalue weighted by Gasteiger charge is 2.22. The van der Waals surface area contributed by atoms with Gasteiger partial charge in [-0.2, -0.15) is 0 Å². The van der Waals surface area contributed by atoms with Crippen molar-refractivity contribution in [3.05, 3.63) is 12.2 Å². The van der Waals surface area contributed by atoms with E-state index in [0.29, 0.717) is 6.42 Å². The Labute approximate surface area is 236 Å². The number of rotatable bonds is 29. The summed E-state index contributed by atoms with van der Waals surface area (Å²) in [6, 6.07) is -0.789. The predicted octanol–water partition coefficient (Wildman–Crippen LogP) is 8.14. The zero-order chi connectivity index (χ0) is 28.1. The van der Waals surface area contributed by atoms with Crippen LogP contribution in [0.25, 0.3) is 0 Å². The molecule has 0 aromatic rings. The number of unbranched alkanes of at least 4 members (excludes halogenated alkanes) is 21. The number of aliphatic hydroxyl groups is 3. The number of carbonyl (C=O) groups excluding carboxylic acids is 1. The van der Waals surface area contributed by atoms with Gasteiger partial charge in [-0.25, -0.2) is 0 Å². The normalized spacial score (nSPS) is 14.1. The van der Waals surface area contributed by atoms with E-state index in [0.717, 1.165) is 32.1 Å². The fourth-order valence-corrected chi connectivity index (χ4v) is 4.95. The molecule has 0 aromatic carbocycles. The molecule has 3 atom stereocenters. The summed E-state index contributed by atoms with van der Waals surface area (Å²) in [5.41, 5.74) is 0.